The van der Waals surface area contributed by atoms with Gasteiger partial charge in [0.05, 0.1) is 23.7 Å². The lowest BCUT2D eigenvalue weighted by Crippen LogP contribution is -2.56. The van der Waals surface area contributed by atoms with E-state index in [0.717, 1.165) is 6.42 Å². The molecule has 7 atom stereocenters. The first-order chi connectivity index (χ1) is 9.53. The molecule has 0 aromatic carbocycles. The van der Waals surface area contributed by atoms with Gasteiger partial charge in [-0.3, -0.25) is 19.2 Å². The molecule has 3 aliphatic carbocycles. The first-order valence-corrected chi connectivity index (χ1v) is 7.03. The van der Waals surface area contributed by atoms with E-state index in [4.69, 9.17) is 9.47 Å². The number of carbonyl (C=O) groups is 4. The van der Waals surface area contributed by atoms with Crippen molar-refractivity contribution in [1.29, 1.82) is 0 Å². The van der Waals surface area contributed by atoms with Crippen LogP contribution in [0.5, 0.6) is 0 Å². The second-order valence-corrected chi connectivity index (χ2v) is 6.85. The first kappa shape index (κ1) is 11.0. The van der Waals surface area contributed by atoms with E-state index in [-0.39, 0.29) is 41.9 Å². The number of cyclic esters (lactones) is 4. The third-order valence-electron chi connectivity index (χ3n) is 6.38. The summed E-state index contributed by atoms with van der Waals surface area (Å²) < 4.78 is 9.50. The summed E-state index contributed by atoms with van der Waals surface area (Å²) in [6.45, 7) is 0. The zero-order chi connectivity index (χ0) is 13.8. The predicted molar refractivity (Wildman–Crippen MR) is 59.4 cm³/mol. The quantitative estimate of drug-likeness (QED) is 0.459. The van der Waals surface area contributed by atoms with E-state index in [1.54, 1.807) is 0 Å². The Morgan fingerprint density at radius 3 is 2.30 bits per heavy atom. The molecule has 0 N–H and O–H groups in total. The van der Waals surface area contributed by atoms with Crippen LogP contribution < -0.4 is 0 Å². The molecule has 2 heterocycles. The second kappa shape index (κ2) is 2.97. The van der Waals surface area contributed by atoms with Gasteiger partial charge in [0.15, 0.2) is 0 Å². The van der Waals surface area contributed by atoms with E-state index in [9.17, 15) is 19.2 Å². The number of hydrogen-bond donors (Lipinski definition) is 0. The average Bonchev–Trinajstić information content (AvgIpc) is 2.94. The van der Waals surface area contributed by atoms with E-state index in [0.29, 0.717) is 6.42 Å². The van der Waals surface area contributed by atoms with E-state index < -0.39 is 29.3 Å². The maximum atomic E-state index is 12.1. The number of esters is 4. The fourth-order valence-electron chi connectivity index (χ4n) is 5.86. The molecule has 3 saturated carbocycles. The molecule has 0 aromatic rings. The minimum absolute atomic E-state index is 0.00356. The number of ether oxygens (including phenoxy) is 2. The van der Waals surface area contributed by atoms with Gasteiger partial charge in [-0.25, -0.2) is 0 Å². The SMILES string of the molecule is O=C1CC2(CC3CC2C2C4C(=O)OC(=O)C4C32)C(=O)O1. The molecule has 6 nitrogen and oxygen atoms in total. The van der Waals surface area contributed by atoms with Crippen molar-refractivity contribution in [2.45, 2.75) is 19.3 Å². The fraction of sp³-hybridized carbons (Fsp3) is 0.714. The molecule has 0 amide bonds. The monoisotopic (exact) mass is 276 g/mol. The average molecular weight is 276 g/mol. The molecule has 104 valence electrons. The summed E-state index contributed by atoms with van der Waals surface area (Å²) >= 11 is 0. The summed E-state index contributed by atoms with van der Waals surface area (Å²) in [5, 5.41) is 0. The minimum atomic E-state index is -0.722. The van der Waals surface area contributed by atoms with E-state index in [1.807, 2.05) is 0 Å². The molecule has 2 bridgehead atoms. The van der Waals surface area contributed by atoms with Gasteiger partial charge in [-0.05, 0) is 36.5 Å². The van der Waals surface area contributed by atoms with E-state index >= 15 is 0 Å². The molecule has 2 aliphatic heterocycles. The zero-order valence-corrected chi connectivity index (χ0v) is 10.5. The maximum absolute atomic E-state index is 12.1. The van der Waals surface area contributed by atoms with Crippen LogP contribution in [0, 0.1) is 40.9 Å². The zero-order valence-electron chi connectivity index (χ0n) is 10.5. The molecule has 7 unspecified atom stereocenters. The third-order valence-corrected chi connectivity index (χ3v) is 6.38. The highest BCUT2D eigenvalue weighted by molar-refractivity contribution is 6.00. The largest absolute Gasteiger partial charge is 0.393 e. The van der Waals surface area contributed by atoms with Crippen molar-refractivity contribution in [3.63, 3.8) is 0 Å². The van der Waals surface area contributed by atoms with Crippen LogP contribution in [0.3, 0.4) is 0 Å². The van der Waals surface area contributed by atoms with Crippen LogP contribution in [-0.2, 0) is 28.7 Å². The van der Waals surface area contributed by atoms with Gasteiger partial charge in [-0.15, -0.1) is 0 Å². The first-order valence-electron chi connectivity index (χ1n) is 7.03. The normalized spacial score (nSPS) is 54.8. The van der Waals surface area contributed by atoms with Crippen LogP contribution in [0.4, 0.5) is 0 Å². The van der Waals surface area contributed by atoms with Gasteiger partial charge >= 0.3 is 23.9 Å². The van der Waals surface area contributed by atoms with Gasteiger partial charge in [0.25, 0.3) is 0 Å². The van der Waals surface area contributed by atoms with Crippen molar-refractivity contribution in [3.8, 4) is 0 Å². The molecule has 2 saturated heterocycles. The van der Waals surface area contributed by atoms with Crippen molar-refractivity contribution in [2.24, 2.45) is 40.9 Å². The third kappa shape index (κ3) is 0.920. The number of rotatable bonds is 0. The van der Waals surface area contributed by atoms with Crippen molar-refractivity contribution < 1.29 is 28.7 Å². The molecule has 5 fully saturated rings. The molecule has 0 radical (unpaired) electrons. The minimum Gasteiger partial charge on any atom is -0.393 e. The molecular weight excluding hydrogens is 264 g/mol. The summed E-state index contributed by atoms with van der Waals surface area (Å²) in [4.78, 5) is 47.0. The van der Waals surface area contributed by atoms with Gasteiger partial charge in [0.1, 0.15) is 0 Å². The highest BCUT2D eigenvalue weighted by Gasteiger charge is 2.78. The van der Waals surface area contributed by atoms with Crippen LogP contribution >= 0.6 is 0 Å². The van der Waals surface area contributed by atoms with Gasteiger partial charge in [0.2, 0.25) is 0 Å². The Morgan fingerprint density at radius 2 is 1.65 bits per heavy atom. The van der Waals surface area contributed by atoms with Crippen molar-refractivity contribution >= 4 is 23.9 Å². The van der Waals surface area contributed by atoms with Crippen molar-refractivity contribution in [2.75, 3.05) is 0 Å². The summed E-state index contributed by atoms with van der Waals surface area (Å²) in [5.74, 6) is -1.98. The lowest BCUT2D eigenvalue weighted by molar-refractivity contribution is -0.164. The van der Waals surface area contributed by atoms with Crippen LogP contribution in [-0.4, -0.2) is 23.9 Å². The van der Waals surface area contributed by atoms with Crippen LogP contribution in [0.15, 0.2) is 0 Å². The van der Waals surface area contributed by atoms with Crippen LogP contribution in [0.2, 0.25) is 0 Å². The molecule has 5 aliphatic rings. The number of fused-ring (bicyclic) bond motifs is 9. The Labute approximate surface area is 113 Å². The predicted octanol–water partition coefficient (Wildman–Crippen LogP) is 0.0479. The Balaban J connectivity index is 1.56. The standard InChI is InChI=1S/C14H12O6/c15-6-3-14(13(18)19-6)2-4-1-5(14)8-7(4)9-10(8)12(17)20-11(9)16/h4-5,7-10H,1-3H2. The Bertz CT molecular complexity index is 609. The molecule has 20 heavy (non-hydrogen) atoms. The summed E-state index contributed by atoms with van der Waals surface area (Å²) in [7, 11) is 0. The van der Waals surface area contributed by atoms with Gasteiger partial charge < -0.3 is 9.47 Å². The molecule has 5 rings (SSSR count). The van der Waals surface area contributed by atoms with Crippen molar-refractivity contribution in [1.82, 2.24) is 0 Å². The van der Waals surface area contributed by atoms with Crippen LogP contribution in [0.1, 0.15) is 19.3 Å². The lowest BCUT2D eigenvalue weighted by Gasteiger charge is -2.51. The number of hydrogen-bond acceptors (Lipinski definition) is 6. The summed E-state index contributed by atoms with van der Waals surface area (Å²) in [6.07, 6.45) is 1.58. The van der Waals surface area contributed by atoms with E-state index in [2.05, 4.69) is 0 Å². The highest BCUT2D eigenvalue weighted by Crippen LogP contribution is 2.74. The lowest BCUT2D eigenvalue weighted by atomic mass is 9.48. The fourth-order valence-corrected chi connectivity index (χ4v) is 5.86. The van der Waals surface area contributed by atoms with Crippen LogP contribution in [0.25, 0.3) is 0 Å². The van der Waals surface area contributed by atoms with Gasteiger partial charge in [-0.1, -0.05) is 0 Å². The molecule has 6 heteroatoms. The molecular formula is C14H12O6. The summed E-state index contributed by atoms with van der Waals surface area (Å²) in [5.41, 5.74) is -0.722. The number of carbonyl (C=O) groups excluding carboxylic acids is 4. The smallest absolute Gasteiger partial charge is 0.320 e. The topological polar surface area (TPSA) is 86.7 Å². The molecule has 1 spiro atoms. The van der Waals surface area contributed by atoms with Crippen molar-refractivity contribution in [3.05, 3.63) is 0 Å². The molecule has 0 aromatic heterocycles. The Hall–Kier alpha value is -1.72. The highest BCUT2D eigenvalue weighted by atomic mass is 16.6. The Morgan fingerprint density at radius 1 is 0.950 bits per heavy atom. The van der Waals surface area contributed by atoms with Gasteiger partial charge in [0, 0.05) is 0 Å². The Kier molecular flexibility index (Phi) is 1.63. The van der Waals surface area contributed by atoms with E-state index in [1.165, 1.54) is 0 Å². The van der Waals surface area contributed by atoms with Gasteiger partial charge in [-0.2, -0.15) is 0 Å². The maximum Gasteiger partial charge on any atom is 0.320 e. The summed E-state index contributed by atoms with van der Waals surface area (Å²) in [6, 6.07) is 0. The second-order valence-electron chi connectivity index (χ2n) is 6.85.